The Labute approximate surface area is 120 Å². The van der Waals surface area contributed by atoms with Gasteiger partial charge < -0.3 is 10.1 Å². The number of nitrogens with one attached hydrogen (secondary N) is 1. The van der Waals surface area contributed by atoms with Crippen LogP contribution in [-0.4, -0.2) is 29.5 Å². The second kappa shape index (κ2) is 6.72. The molecule has 0 radical (unpaired) electrons. The molecule has 98 valence electrons. The molecular formula is C13H16INO3. The summed E-state index contributed by atoms with van der Waals surface area (Å²) in [5, 5.41) is 2.72. The van der Waals surface area contributed by atoms with Gasteiger partial charge in [-0.2, -0.15) is 0 Å². The molecule has 1 aromatic carbocycles. The van der Waals surface area contributed by atoms with Crippen LogP contribution in [-0.2, 0) is 9.53 Å². The SMILES string of the molecule is COC(=O)C(I)CNC(=O)c1cc(C)cc(C)c1. The molecule has 0 heterocycles. The van der Waals surface area contributed by atoms with E-state index in [0.29, 0.717) is 5.56 Å². The van der Waals surface area contributed by atoms with Gasteiger partial charge in [0, 0.05) is 12.1 Å². The molecule has 5 heteroatoms. The fraction of sp³-hybridized carbons (Fsp3) is 0.385. The molecule has 0 aliphatic rings. The molecule has 1 amide bonds. The lowest BCUT2D eigenvalue weighted by Gasteiger charge is -2.10. The second-order valence-electron chi connectivity index (χ2n) is 4.08. The number of amides is 1. The summed E-state index contributed by atoms with van der Waals surface area (Å²) in [4.78, 5) is 23.1. The topological polar surface area (TPSA) is 55.4 Å². The van der Waals surface area contributed by atoms with E-state index in [0.717, 1.165) is 11.1 Å². The van der Waals surface area contributed by atoms with Crippen LogP contribution in [0.1, 0.15) is 21.5 Å². The average molecular weight is 361 g/mol. The molecule has 18 heavy (non-hydrogen) atoms. The van der Waals surface area contributed by atoms with Crippen molar-refractivity contribution in [2.45, 2.75) is 17.8 Å². The Kier molecular flexibility index (Phi) is 5.58. The number of ether oxygens (including phenoxy) is 1. The van der Waals surface area contributed by atoms with Crippen LogP contribution >= 0.6 is 22.6 Å². The number of hydrogen-bond donors (Lipinski definition) is 1. The van der Waals surface area contributed by atoms with Gasteiger partial charge in [-0.05, 0) is 26.0 Å². The van der Waals surface area contributed by atoms with Crippen LogP contribution in [0.2, 0.25) is 0 Å². The van der Waals surface area contributed by atoms with Gasteiger partial charge in [0.1, 0.15) is 3.92 Å². The molecule has 1 unspecified atom stereocenters. The molecule has 0 aliphatic heterocycles. The lowest BCUT2D eigenvalue weighted by atomic mass is 10.1. The molecule has 0 bridgehead atoms. The average Bonchev–Trinajstić information content (AvgIpc) is 2.33. The van der Waals surface area contributed by atoms with Crippen LogP contribution in [0.3, 0.4) is 0 Å². The fourth-order valence-corrected chi connectivity index (χ4v) is 2.08. The van der Waals surface area contributed by atoms with Crippen LogP contribution in [0.15, 0.2) is 18.2 Å². The Hall–Kier alpha value is -1.11. The third-order valence-electron chi connectivity index (χ3n) is 2.38. The monoisotopic (exact) mass is 361 g/mol. The van der Waals surface area contributed by atoms with Crippen LogP contribution in [0, 0.1) is 13.8 Å². The summed E-state index contributed by atoms with van der Waals surface area (Å²) in [7, 11) is 1.33. The smallest absolute Gasteiger partial charge is 0.320 e. The molecule has 0 spiro atoms. The highest BCUT2D eigenvalue weighted by molar-refractivity contribution is 14.1. The number of hydrogen-bond acceptors (Lipinski definition) is 3. The quantitative estimate of drug-likeness (QED) is 0.507. The highest BCUT2D eigenvalue weighted by atomic mass is 127. The maximum absolute atomic E-state index is 11.9. The number of carbonyl (C=O) groups excluding carboxylic acids is 2. The molecule has 0 saturated heterocycles. The standard InChI is InChI=1S/C13H16INO3/c1-8-4-9(2)6-10(5-8)12(16)15-7-11(14)13(17)18-3/h4-6,11H,7H2,1-3H3,(H,15,16). The van der Waals surface area contributed by atoms with Crippen molar-refractivity contribution in [3.8, 4) is 0 Å². The Bertz CT molecular complexity index is 439. The number of alkyl halides is 1. The number of halogens is 1. The van der Waals surface area contributed by atoms with E-state index in [1.165, 1.54) is 7.11 Å². The Morgan fingerprint density at radius 3 is 2.33 bits per heavy atom. The van der Waals surface area contributed by atoms with Crippen molar-refractivity contribution in [1.29, 1.82) is 0 Å². The number of carbonyl (C=O) groups is 2. The second-order valence-corrected chi connectivity index (χ2v) is 5.58. The molecule has 0 aromatic heterocycles. The normalized spacial score (nSPS) is 11.8. The van der Waals surface area contributed by atoms with Gasteiger partial charge in [0.15, 0.2) is 0 Å². The van der Waals surface area contributed by atoms with Crippen LogP contribution in [0.5, 0.6) is 0 Å². The maximum Gasteiger partial charge on any atom is 0.320 e. The van der Waals surface area contributed by atoms with Crippen molar-refractivity contribution in [1.82, 2.24) is 5.32 Å². The van der Waals surface area contributed by atoms with Gasteiger partial charge >= 0.3 is 5.97 Å². The van der Waals surface area contributed by atoms with Crippen LogP contribution in [0.25, 0.3) is 0 Å². The van der Waals surface area contributed by atoms with Gasteiger partial charge in [0.05, 0.1) is 7.11 Å². The van der Waals surface area contributed by atoms with Gasteiger partial charge in [-0.15, -0.1) is 0 Å². The molecule has 0 saturated carbocycles. The van der Waals surface area contributed by atoms with E-state index in [4.69, 9.17) is 0 Å². The van der Waals surface area contributed by atoms with Crippen LogP contribution < -0.4 is 5.32 Å². The van der Waals surface area contributed by atoms with Gasteiger partial charge in [0.25, 0.3) is 5.91 Å². The van der Waals surface area contributed by atoms with E-state index in [2.05, 4.69) is 10.1 Å². The lowest BCUT2D eigenvalue weighted by molar-refractivity contribution is -0.139. The van der Waals surface area contributed by atoms with Crippen molar-refractivity contribution >= 4 is 34.5 Å². The maximum atomic E-state index is 11.9. The highest BCUT2D eigenvalue weighted by Crippen LogP contribution is 2.09. The minimum Gasteiger partial charge on any atom is -0.468 e. The van der Waals surface area contributed by atoms with Crippen LogP contribution in [0.4, 0.5) is 0 Å². The first-order valence-corrected chi connectivity index (χ1v) is 6.77. The van der Waals surface area contributed by atoms with Crippen molar-refractivity contribution in [2.24, 2.45) is 0 Å². The van der Waals surface area contributed by atoms with E-state index in [1.54, 1.807) is 0 Å². The molecule has 1 atom stereocenters. The lowest BCUT2D eigenvalue weighted by Crippen LogP contribution is -2.33. The van der Waals surface area contributed by atoms with Crippen molar-refractivity contribution in [3.63, 3.8) is 0 Å². The van der Waals surface area contributed by atoms with E-state index in [1.807, 2.05) is 54.6 Å². The largest absolute Gasteiger partial charge is 0.468 e. The van der Waals surface area contributed by atoms with Gasteiger partial charge in [0.2, 0.25) is 0 Å². The number of esters is 1. The van der Waals surface area contributed by atoms with Gasteiger partial charge in [-0.1, -0.05) is 39.8 Å². The van der Waals surface area contributed by atoms with Crippen molar-refractivity contribution in [3.05, 3.63) is 34.9 Å². The summed E-state index contributed by atoms with van der Waals surface area (Å²) in [6.45, 7) is 4.15. The van der Waals surface area contributed by atoms with Gasteiger partial charge in [-0.3, -0.25) is 9.59 Å². The first-order chi connectivity index (χ1) is 8.43. The predicted molar refractivity (Wildman–Crippen MR) is 78.1 cm³/mol. The minimum atomic E-state index is -0.373. The third-order valence-corrected chi connectivity index (χ3v) is 3.33. The zero-order chi connectivity index (χ0) is 13.7. The molecule has 0 fully saturated rings. The molecule has 1 rings (SSSR count). The molecule has 0 aliphatic carbocycles. The summed E-state index contributed by atoms with van der Waals surface area (Å²) in [6.07, 6.45) is 0. The first-order valence-electron chi connectivity index (χ1n) is 5.52. The van der Waals surface area contributed by atoms with E-state index < -0.39 is 0 Å². The number of aryl methyl sites for hydroxylation is 2. The number of methoxy groups -OCH3 is 1. The molecular weight excluding hydrogens is 345 g/mol. The Balaban J connectivity index is 2.63. The third kappa shape index (κ3) is 4.29. The highest BCUT2D eigenvalue weighted by Gasteiger charge is 2.16. The summed E-state index contributed by atoms with van der Waals surface area (Å²) in [5.74, 6) is -0.510. The van der Waals surface area contributed by atoms with Crippen molar-refractivity contribution in [2.75, 3.05) is 13.7 Å². The van der Waals surface area contributed by atoms with E-state index >= 15 is 0 Å². The molecule has 4 nitrogen and oxygen atoms in total. The van der Waals surface area contributed by atoms with E-state index in [9.17, 15) is 9.59 Å². The number of rotatable bonds is 4. The van der Waals surface area contributed by atoms with Crippen molar-refractivity contribution < 1.29 is 14.3 Å². The van der Waals surface area contributed by atoms with Gasteiger partial charge in [-0.25, -0.2) is 0 Å². The molecule has 1 N–H and O–H groups in total. The number of benzene rings is 1. The minimum absolute atomic E-state index is 0.174. The predicted octanol–water partition coefficient (Wildman–Crippen LogP) is 2.01. The summed E-state index contributed by atoms with van der Waals surface area (Å²) < 4.78 is 4.22. The van der Waals surface area contributed by atoms with E-state index in [-0.39, 0.29) is 22.3 Å². The zero-order valence-electron chi connectivity index (χ0n) is 10.6. The molecule has 1 aromatic rings. The Morgan fingerprint density at radius 1 is 1.28 bits per heavy atom. The summed E-state index contributed by atoms with van der Waals surface area (Å²) in [6, 6.07) is 5.65. The first kappa shape index (κ1) is 14.9. The zero-order valence-corrected chi connectivity index (χ0v) is 12.8. The Morgan fingerprint density at radius 2 is 1.83 bits per heavy atom. The summed E-state index contributed by atoms with van der Waals surface area (Å²) in [5.41, 5.74) is 2.69. The summed E-state index contributed by atoms with van der Waals surface area (Å²) >= 11 is 1.94. The fourth-order valence-electron chi connectivity index (χ4n) is 1.60.